The number of hydrogen-bond acceptors (Lipinski definition) is 2. The van der Waals surface area contributed by atoms with Gasteiger partial charge in [0.25, 0.3) is 0 Å². The maximum absolute atomic E-state index is 13.5. The van der Waals surface area contributed by atoms with E-state index in [1.54, 1.807) is 0 Å². The van der Waals surface area contributed by atoms with Gasteiger partial charge in [-0.05, 0) is 64.0 Å². The monoisotopic (exact) mass is 433 g/mol. The number of hydrogen-bond donors (Lipinski definition) is 0. The first-order valence-corrected chi connectivity index (χ1v) is 12.7. The van der Waals surface area contributed by atoms with Crippen LogP contribution in [0.4, 0.5) is 5.69 Å². The average molecular weight is 434 g/mol. The van der Waals surface area contributed by atoms with Crippen LogP contribution in [-0.2, 0) is 0 Å². The Labute approximate surface area is 193 Å². The number of allylic oxidation sites excluding steroid dienone is 2. The van der Waals surface area contributed by atoms with E-state index in [0.717, 1.165) is 46.2 Å². The van der Waals surface area contributed by atoms with Crippen molar-refractivity contribution < 1.29 is 9.48 Å². The minimum atomic E-state index is -0.344. The van der Waals surface area contributed by atoms with Crippen molar-refractivity contribution in [2.75, 3.05) is 0 Å². The maximum atomic E-state index is 13.5. The number of nitrogens with zero attached hydrogens (tertiary/aromatic N) is 1. The molecule has 32 heavy (non-hydrogen) atoms. The molecule has 0 amide bonds. The second-order valence-electron chi connectivity index (χ2n) is 12.3. The average Bonchev–Trinajstić information content (AvgIpc) is 2.97. The largest absolute Gasteiger partial charge is 0.618 e. The van der Waals surface area contributed by atoms with E-state index >= 15 is 0 Å². The lowest BCUT2D eigenvalue weighted by atomic mass is 9.62. The van der Waals surface area contributed by atoms with Crippen LogP contribution >= 0.6 is 0 Å². The van der Waals surface area contributed by atoms with Gasteiger partial charge in [0.1, 0.15) is 11.4 Å². The molecule has 1 atom stereocenters. The second-order valence-corrected chi connectivity index (χ2v) is 12.3. The Morgan fingerprint density at radius 1 is 1.06 bits per heavy atom. The van der Waals surface area contributed by atoms with Crippen LogP contribution in [0, 0.1) is 22.0 Å². The van der Waals surface area contributed by atoms with E-state index in [0.29, 0.717) is 0 Å². The van der Waals surface area contributed by atoms with Crippen molar-refractivity contribution in [1.29, 1.82) is 0 Å². The summed E-state index contributed by atoms with van der Waals surface area (Å²) < 4.78 is 7.36. The smallest absolute Gasteiger partial charge is 0.228 e. The summed E-state index contributed by atoms with van der Waals surface area (Å²) in [6, 6.07) is 4.13. The fourth-order valence-corrected chi connectivity index (χ4v) is 6.86. The third kappa shape index (κ3) is 3.82. The van der Waals surface area contributed by atoms with Gasteiger partial charge in [-0.2, -0.15) is 4.74 Å². The van der Waals surface area contributed by atoms with Gasteiger partial charge in [-0.3, -0.25) is 0 Å². The molecular formula is C29H39NO2. The van der Waals surface area contributed by atoms with E-state index in [1.165, 1.54) is 56.1 Å². The molecule has 2 aliphatic heterocycles. The van der Waals surface area contributed by atoms with E-state index in [1.807, 2.05) is 19.9 Å². The molecule has 2 heterocycles. The minimum Gasteiger partial charge on any atom is -0.618 e. The first-order valence-electron chi connectivity index (χ1n) is 12.7. The number of benzene rings is 1. The minimum absolute atomic E-state index is 0.129. The van der Waals surface area contributed by atoms with Crippen molar-refractivity contribution in [2.45, 2.75) is 98.0 Å². The lowest BCUT2D eigenvalue weighted by Crippen LogP contribution is -2.38. The fraction of sp³-hybridized carbons (Fsp3) is 0.621. The highest BCUT2D eigenvalue weighted by molar-refractivity contribution is 6.28. The summed E-state index contributed by atoms with van der Waals surface area (Å²) in [5, 5.41) is 13.5. The lowest BCUT2D eigenvalue weighted by molar-refractivity contribution is -0.361. The quantitative estimate of drug-likeness (QED) is 0.356. The Bertz CT molecular complexity index is 1020. The van der Waals surface area contributed by atoms with Crippen LogP contribution < -0.4 is 4.74 Å². The third-order valence-corrected chi connectivity index (χ3v) is 8.20. The van der Waals surface area contributed by atoms with E-state index in [2.05, 4.69) is 45.1 Å². The van der Waals surface area contributed by atoms with E-state index in [-0.39, 0.29) is 16.4 Å². The Morgan fingerprint density at radius 2 is 1.81 bits per heavy atom. The summed E-state index contributed by atoms with van der Waals surface area (Å²) in [7, 11) is 0. The zero-order chi connectivity index (χ0) is 22.7. The Kier molecular flexibility index (Phi) is 5.11. The molecule has 3 heteroatoms. The van der Waals surface area contributed by atoms with Crippen LogP contribution in [-0.4, -0.2) is 16.1 Å². The molecule has 172 valence electrons. The molecule has 0 radical (unpaired) electrons. The molecule has 5 rings (SSSR count). The van der Waals surface area contributed by atoms with Gasteiger partial charge in [0.15, 0.2) is 0 Å². The molecule has 0 N–H and O–H groups in total. The molecule has 1 aromatic rings. The molecule has 0 saturated heterocycles. The Hall–Kier alpha value is -2.03. The summed E-state index contributed by atoms with van der Waals surface area (Å²) in [6.45, 7) is 11.0. The molecule has 1 fully saturated rings. The highest BCUT2D eigenvalue weighted by Gasteiger charge is 2.50. The molecule has 2 aliphatic carbocycles. The number of rotatable bonds is 4. The van der Waals surface area contributed by atoms with Crippen LogP contribution in [0.5, 0.6) is 5.75 Å². The standard InChI is InChI=1S/C29H39NO2/c1-27(2)19-29(5,14-9-12-20-10-7-6-8-11-20)18-23-22-16-21-13-15-28(3,4)32-25(21)17-24(22)30(31)26(23)27/h13,15-18,20H,6-12,14,19H2,1-5H3. The van der Waals surface area contributed by atoms with Gasteiger partial charge < -0.3 is 9.94 Å². The highest BCUT2D eigenvalue weighted by Crippen LogP contribution is 2.53. The Morgan fingerprint density at radius 3 is 2.56 bits per heavy atom. The van der Waals surface area contributed by atoms with Crippen LogP contribution in [0.3, 0.4) is 0 Å². The van der Waals surface area contributed by atoms with Gasteiger partial charge in [-0.1, -0.05) is 64.0 Å². The van der Waals surface area contributed by atoms with E-state index < -0.39 is 0 Å². The van der Waals surface area contributed by atoms with Gasteiger partial charge in [-0.25, -0.2) is 0 Å². The maximum Gasteiger partial charge on any atom is 0.228 e. The summed E-state index contributed by atoms with van der Waals surface area (Å²) in [5.41, 5.74) is 4.62. The zero-order valence-electron chi connectivity index (χ0n) is 20.6. The van der Waals surface area contributed by atoms with Crippen LogP contribution in [0.2, 0.25) is 0 Å². The van der Waals surface area contributed by atoms with Crippen molar-refractivity contribution in [3.63, 3.8) is 0 Å². The second kappa shape index (κ2) is 7.50. The normalized spacial score (nSPS) is 28.0. The van der Waals surface area contributed by atoms with Gasteiger partial charge in [0.2, 0.25) is 11.4 Å². The topological polar surface area (TPSA) is 35.3 Å². The lowest BCUT2D eigenvalue weighted by Gasteiger charge is -2.39. The van der Waals surface area contributed by atoms with Crippen LogP contribution in [0.25, 0.3) is 11.6 Å². The van der Waals surface area contributed by atoms with Crippen LogP contribution in [0.1, 0.15) is 104 Å². The summed E-state index contributed by atoms with van der Waals surface area (Å²) in [4.78, 5) is 0. The van der Waals surface area contributed by atoms with E-state index in [4.69, 9.17) is 4.74 Å². The van der Waals surface area contributed by atoms with Crippen molar-refractivity contribution in [2.24, 2.45) is 16.7 Å². The van der Waals surface area contributed by atoms with Gasteiger partial charge >= 0.3 is 0 Å². The summed E-state index contributed by atoms with van der Waals surface area (Å²) in [5.74, 6) is 1.75. The molecule has 0 spiro atoms. The fourth-order valence-electron chi connectivity index (χ4n) is 6.86. The van der Waals surface area contributed by atoms with Gasteiger partial charge in [-0.15, -0.1) is 0 Å². The van der Waals surface area contributed by atoms with Gasteiger partial charge in [0, 0.05) is 5.56 Å². The molecule has 1 saturated carbocycles. The first-order chi connectivity index (χ1) is 15.1. The van der Waals surface area contributed by atoms with Crippen LogP contribution in [0.15, 0.2) is 24.3 Å². The van der Waals surface area contributed by atoms with Crippen molar-refractivity contribution in [3.05, 3.63) is 40.6 Å². The van der Waals surface area contributed by atoms with Crippen molar-refractivity contribution >= 4 is 23.0 Å². The number of fused-ring (bicyclic) bond motifs is 4. The number of ether oxygens (including phenoxy) is 1. The first kappa shape index (κ1) is 21.8. The molecule has 1 unspecified atom stereocenters. The molecule has 0 aromatic heterocycles. The molecule has 4 aliphatic rings. The van der Waals surface area contributed by atoms with E-state index in [9.17, 15) is 5.21 Å². The summed E-state index contributed by atoms with van der Waals surface area (Å²) in [6.07, 6.45) is 18.7. The third-order valence-electron chi connectivity index (χ3n) is 8.20. The zero-order valence-corrected chi connectivity index (χ0v) is 20.6. The predicted molar refractivity (Wildman–Crippen MR) is 133 cm³/mol. The molecular weight excluding hydrogens is 394 g/mol. The summed E-state index contributed by atoms with van der Waals surface area (Å²) >= 11 is 0. The van der Waals surface area contributed by atoms with Crippen molar-refractivity contribution in [1.82, 2.24) is 0 Å². The highest BCUT2D eigenvalue weighted by atomic mass is 16.5. The SMILES string of the molecule is CC1(CCCC2CCCCC2)C=C2C(=[N+]([O-])c3cc4c(cc32)C=CC(C)(C)O4)C(C)(C)C1. The molecule has 3 nitrogen and oxygen atoms in total. The molecule has 1 aromatic carbocycles. The predicted octanol–water partition coefficient (Wildman–Crippen LogP) is 8.04. The van der Waals surface area contributed by atoms with Crippen molar-refractivity contribution in [3.8, 4) is 5.75 Å². The van der Waals surface area contributed by atoms with Gasteiger partial charge in [0.05, 0.1) is 22.6 Å². The Balaban J connectivity index is 1.46. The molecule has 0 bridgehead atoms.